The van der Waals surface area contributed by atoms with E-state index in [1.165, 1.54) is 0 Å². The zero-order valence-corrected chi connectivity index (χ0v) is 11.3. The first-order valence-corrected chi connectivity index (χ1v) is 10.9. The zero-order valence-electron chi connectivity index (χ0n) is 5.31. The fraction of sp³-hybridized carbons (Fsp3) is 0. The lowest BCUT2D eigenvalue weighted by Gasteiger charge is -1.67. The molecule has 0 heterocycles. The summed E-state index contributed by atoms with van der Waals surface area (Å²) in [6, 6.07) is 0. The van der Waals surface area contributed by atoms with Crippen molar-refractivity contribution in [1.82, 2.24) is 0 Å². The molecule has 0 aromatic heterocycles. The maximum absolute atomic E-state index is 3.40. The summed E-state index contributed by atoms with van der Waals surface area (Å²) in [7, 11) is 10.3. The van der Waals surface area contributed by atoms with E-state index in [9.17, 15) is 0 Å². The third-order valence-corrected chi connectivity index (χ3v) is 5.25. The molecule has 44 valence electrons. The highest BCUT2D eigenvalue weighted by molar-refractivity contribution is 6.80. The Balaban J connectivity index is 3.55. The minimum atomic E-state index is 0.774. The molecule has 0 saturated carbocycles. The van der Waals surface area contributed by atoms with Crippen molar-refractivity contribution in [1.29, 1.82) is 0 Å². The van der Waals surface area contributed by atoms with Gasteiger partial charge in [-0.15, -0.1) is 0 Å². The Hall–Kier alpha value is 0.781. The van der Waals surface area contributed by atoms with Crippen LogP contribution in [0.3, 0.4) is 0 Å². The molecule has 0 saturated heterocycles. The molecule has 6 heteroatoms. The van der Waals surface area contributed by atoms with Gasteiger partial charge in [0.05, 0.1) is 0 Å². The molecule has 0 bridgehead atoms. The molecule has 0 nitrogen and oxygen atoms in total. The van der Waals surface area contributed by atoms with Crippen LogP contribution in [0.15, 0.2) is 22.8 Å². The Morgan fingerprint density at radius 1 is 0.700 bits per heavy atom. The first kappa shape index (κ1) is 10.8. The third-order valence-electron chi connectivity index (χ3n) is 0.583. The predicted molar refractivity (Wildman–Crippen MR) is 52.8 cm³/mol. The van der Waals surface area contributed by atoms with Gasteiger partial charge in [0.25, 0.3) is 0 Å². The van der Waals surface area contributed by atoms with Gasteiger partial charge in [0, 0.05) is 53.1 Å². The highest BCUT2D eigenvalue weighted by Gasteiger charge is 1.62. The predicted octanol–water partition coefficient (Wildman–Crippen LogP) is -1.17. The average molecular weight is 221 g/mol. The lowest BCUT2D eigenvalue weighted by atomic mass is 11.2. The van der Waals surface area contributed by atoms with Gasteiger partial charge < -0.3 is 0 Å². The smallest absolute Gasteiger partial charge is 0.0292 e. The summed E-state index contributed by atoms with van der Waals surface area (Å²) < 4.78 is 0. The molecular formula is C4H4Si6. The first-order valence-electron chi connectivity index (χ1n) is 2.57. The molecule has 0 aliphatic rings. The van der Waals surface area contributed by atoms with E-state index in [1.807, 2.05) is 0 Å². The van der Waals surface area contributed by atoms with Gasteiger partial charge in [0.1, 0.15) is 0 Å². The molecule has 0 spiro atoms. The van der Waals surface area contributed by atoms with E-state index in [1.54, 1.807) is 0 Å². The SMILES string of the molecule is [Si]=[Si]/C=C/[Si]=[Si]/C=C/[Si]=[Si]. The third kappa shape index (κ3) is 8.78. The van der Waals surface area contributed by atoms with Crippen LogP contribution in [0.2, 0.25) is 0 Å². The summed E-state index contributed by atoms with van der Waals surface area (Å²) >= 11 is 0. The van der Waals surface area contributed by atoms with Gasteiger partial charge in [0.2, 0.25) is 0 Å². The van der Waals surface area contributed by atoms with Crippen molar-refractivity contribution in [3.05, 3.63) is 22.8 Å². The highest BCUT2D eigenvalue weighted by atomic mass is 28.9. The Labute approximate surface area is 75.9 Å². The second kappa shape index (κ2) is 9.78. The van der Waals surface area contributed by atoms with Crippen LogP contribution in [-0.2, 0) is 0 Å². The Bertz CT molecular complexity index is 158. The van der Waals surface area contributed by atoms with Crippen LogP contribution in [-0.4, -0.2) is 53.1 Å². The molecule has 0 atom stereocenters. The normalized spacial score (nSPS) is 11.6. The second-order valence-electron chi connectivity index (χ2n) is 1.24. The lowest BCUT2D eigenvalue weighted by Crippen LogP contribution is -1.78. The monoisotopic (exact) mass is 220 g/mol. The van der Waals surface area contributed by atoms with Crippen molar-refractivity contribution in [3.63, 3.8) is 0 Å². The molecule has 10 heavy (non-hydrogen) atoms. The zero-order chi connectivity index (χ0) is 7.66. The van der Waals surface area contributed by atoms with Crippen molar-refractivity contribution in [3.8, 4) is 0 Å². The van der Waals surface area contributed by atoms with Crippen LogP contribution < -0.4 is 0 Å². The van der Waals surface area contributed by atoms with Crippen LogP contribution in [0.1, 0.15) is 0 Å². The van der Waals surface area contributed by atoms with Gasteiger partial charge in [-0.2, -0.15) is 0 Å². The Kier molecular flexibility index (Phi) is 10.5. The second-order valence-corrected chi connectivity index (χ2v) is 7.20. The minimum absolute atomic E-state index is 0.774. The maximum Gasteiger partial charge on any atom is 0.0292 e. The van der Waals surface area contributed by atoms with E-state index in [2.05, 4.69) is 41.5 Å². The van der Waals surface area contributed by atoms with Gasteiger partial charge in [-0.1, -0.05) is 22.8 Å². The summed E-state index contributed by atoms with van der Waals surface area (Å²) in [6.07, 6.45) is 0. The standard InChI is InChI=1S/C4H4Si6/c5-7-1-3-9-10-4-2-8-6/h1-4H/b3-1+,4-2+,10-9?. The van der Waals surface area contributed by atoms with Gasteiger partial charge in [-0.3, -0.25) is 0 Å². The minimum Gasteiger partial charge on any atom is -0.0858 e. The topological polar surface area (TPSA) is 0 Å². The van der Waals surface area contributed by atoms with E-state index in [-0.39, 0.29) is 0 Å². The Morgan fingerprint density at radius 2 is 1.10 bits per heavy atom. The molecule has 0 rings (SSSR count). The van der Waals surface area contributed by atoms with Crippen LogP contribution in [0.5, 0.6) is 0 Å². The van der Waals surface area contributed by atoms with Gasteiger partial charge in [-0.05, 0) is 0 Å². The summed E-state index contributed by atoms with van der Waals surface area (Å²) in [5, 5.41) is 0. The van der Waals surface area contributed by atoms with Crippen LogP contribution in [0, 0.1) is 0 Å². The average Bonchev–Trinajstić information content (AvgIpc) is 1.97. The highest BCUT2D eigenvalue weighted by Crippen LogP contribution is 1.57. The van der Waals surface area contributed by atoms with Crippen molar-refractivity contribution < 1.29 is 0 Å². The molecule has 0 amide bonds. The van der Waals surface area contributed by atoms with Crippen molar-refractivity contribution >= 4 is 53.1 Å². The van der Waals surface area contributed by atoms with Crippen LogP contribution in [0.4, 0.5) is 0 Å². The van der Waals surface area contributed by atoms with E-state index in [0.29, 0.717) is 0 Å². The molecule has 0 N–H and O–H groups in total. The molecule has 0 aromatic carbocycles. The maximum atomic E-state index is 3.40. The van der Waals surface area contributed by atoms with E-state index in [0.717, 1.165) is 34.5 Å². The molecular weight excluding hydrogens is 217 g/mol. The lowest BCUT2D eigenvalue weighted by molar-refractivity contribution is 2.45. The summed E-state index contributed by atoms with van der Waals surface area (Å²) in [6.45, 7) is 0. The summed E-state index contributed by atoms with van der Waals surface area (Å²) in [5.74, 6) is 0. The van der Waals surface area contributed by atoms with Crippen molar-refractivity contribution in [2.75, 3.05) is 0 Å². The van der Waals surface area contributed by atoms with Gasteiger partial charge in [-0.25, -0.2) is 0 Å². The van der Waals surface area contributed by atoms with Crippen LogP contribution in [0.25, 0.3) is 0 Å². The van der Waals surface area contributed by atoms with Gasteiger partial charge in [0.15, 0.2) is 0 Å². The Morgan fingerprint density at radius 3 is 1.40 bits per heavy atom. The number of hydrogen-bond donors (Lipinski definition) is 0. The molecule has 0 aliphatic heterocycles. The van der Waals surface area contributed by atoms with E-state index in [4.69, 9.17) is 0 Å². The fourth-order valence-corrected chi connectivity index (χ4v) is 5.37. The van der Waals surface area contributed by atoms with Gasteiger partial charge >= 0.3 is 0 Å². The summed E-state index contributed by atoms with van der Waals surface area (Å²) in [5.41, 5.74) is 8.83. The van der Waals surface area contributed by atoms with Crippen molar-refractivity contribution in [2.45, 2.75) is 0 Å². The number of rotatable bonds is 4. The quantitative estimate of drug-likeness (QED) is 0.524. The summed E-state index contributed by atoms with van der Waals surface area (Å²) in [4.78, 5) is 0. The molecule has 0 aromatic rings. The van der Waals surface area contributed by atoms with Crippen molar-refractivity contribution in [2.24, 2.45) is 0 Å². The number of hydrogen-bond acceptors (Lipinski definition) is 0. The molecule has 8 radical (unpaired) electrons. The van der Waals surface area contributed by atoms with E-state index < -0.39 is 0 Å². The molecule has 0 unspecified atom stereocenters. The fourth-order valence-electron chi connectivity index (χ4n) is 0.263. The van der Waals surface area contributed by atoms with Crippen LogP contribution >= 0.6 is 0 Å². The molecule has 0 aliphatic carbocycles. The molecule has 0 fully saturated rings. The largest absolute Gasteiger partial charge is 0.0858 e. The van der Waals surface area contributed by atoms with E-state index >= 15 is 0 Å². The first-order chi connectivity index (χ1) is 4.91.